The molecule has 0 aliphatic heterocycles. The van der Waals surface area contributed by atoms with E-state index in [1.807, 2.05) is 30.3 Å². The summed E-state index contributed by atoms with van der Waals surface area (Å²) >= 11 is 12.0. The maximum absolute atomic E-state index is 9.22. The maximum Gasteiger partial charge on any atom is 0.0595 e. The molecule has 0 radical (unpaired) electrons. The summed E-state index contributed by atoms with van der Waals surface area (Å²) in [6.45, 7) is 0.139. The quantitative estimate of drug-likeness (QED) is 0.874. The zero-order valence-corrected chi connectivity index (χ0v) is 11.3. The normalized spacial score (nSPS) is 12.4. The molecule has 18 heavy (non-hydrogen) atoms. The summed E-state index contributed by atoms with van der Waals surface area (Å²) < 4.78 is 0. The summed E-state index contributed by atoms with van der Waals surface area (Å²) in [6.07, 6.45) is 0.669. The Bertz CT molecular complexity index is 511. The molecule has 2 aromatic carbocycles. The zero-order valence-electron chi connectivity index (χ0n) is 9.81. The third-order valence-electron chi connectivity index (χ3n) is 2.97. The van der Waals surface area contributed by atoms with E-state index in [9.17, 15) is 5.11 Å². The van der Waals surface area contributed by atoms with Gasteiger partial charge in [-0.05, 0) is 29.7 Å². The molecule has 0 spiro atoms. The second kappa shape index (κ2) is 6.24. The van der Waals surface area contributed by atoms with Crippen molar-refractivity contribution in [3.05, 3.63) is 69.7 Å². The van der Waals surface area contributed by atoms with E-state index in [1.54, 1.807) is 6.07 Å². The molecule has 0 saturated heterocycles. The molecular weight excluding hydrogens is 267 g/mol. The van der Waals surface area contributed by atoms with Crippen LogP contribution in [0.1, 0.15) is 23.5 Å². The molecule has 0 amide bonds. The summed E-state index contributed by atoms with van der Waals surface area (Å²) in [5.74, 6) is 0.144. The summed E-state index contributed by atoms with van der Waals surface area (Å²) in [5, 5.41) is 10.3. The van der Waals surface area contributed by atoms with Gasteiger partial charge in [0.2, 0.25) is 0 Å². The van der Waals surface area contributed by atoms with Gasteiger partial charge in [-0.1, -0.05) is 59.6 Å². The average Bonchev–Trinajstić information content (AvgIpc) is 2.40. The summed E-state index contributed by atoms with van der Waals surface area (Å²) in [7, 11) is 0. The molecule has 2 rings (SSSR count). The fourth-order valence-corrected chi connectivity index (χ4v) is 2.38. The molecule has 94 valence electrons. The molecule has 3 heteroatoms. The first kappa shape index (κ1) is 13.4. The minimum atomic E-state index is 0.139. The molecule has 1 nitrogen and oxygen atoms in total. The Morgan fingerprint density at radius 1 is 0.889 bits per heavy atom. The summed E-state index contributed by atoms with van der Waals surface area (Å²) in [5.41, 5.74) is 2.24. The first-order chi connectivity index (χ1) is 8.72. The number of aliphatic hydroxyl groups excluding tert-OH is 1. The van der Waals surface area contributed by atoms with E-state index >= 15 is 0 Å². The molecule has 0 bridgehead atoms. The van der Waals surface area contributed by atoms with Crippen molar-refractivity contribution in [2.75, 3.05) is 6.61 Å². The Labute approximate surface area is 117 Å². The lowest BCUT2D eigenvalue weighted by Gasteiger charge is -2.17. The number of aliphatic hydroxyl groups is 1. The Morgan fingerprint density at radius 2 is 1.61 bits per heavy atom. The van der Waals surface area contributed by atoms with E-state index in [0.29, 0.717) is 16.5 Å². The van der Waals surface area contributed by atoms with Crippen LogP contribution >= 0.6 is 23.2 Å². The largest absolute Gasteiger partial charge is 0.396 e. The Morgan fingerprint density at radius 3 is 2.22 bits per heavy atom. The van der Waals surface area contributed by atoms with Crippen molar-refractivity contribution in [2.24, 2.45) is 0 Å². The van der Waals surface area contributed by atoms with E-state index in [1.165, 1.54) is 5.56 Å². The van der Waals surface area contributed by atoms with Gasteiger partial charge in [0.15, 0.2) is 0 Å². The van der Waals surface area contributed by atoms with E-state index in [4.69, 9.17) is 23.2 Å². The van der Waals surface area contributed by atoms with Gasteiger partial charge in [0, 0.05) is 12.5 Å². The van der Waals surface area contributed by atoms with Crippen molar-refractivity contribution in [1.82, 2.24) is 0 Å². The Balaban J connectivity index is 2.38. The number of benzene rings is 2. The Hall–Kier alpha value is -1.02. The standard InChI is InChI=1S/C15H14Cl2O/c16-14-7-6-12(10-15(14)17)13(8-9-18)11-4-2-1-3-5-11/h1-7,10,13,18H,8-9H2/t13-/m0/s1. The third-order valence-corrected chi connectivity index (χ3v) is 3.70. The van der Waals surface area contributed by atoms with Gasteiger partial charge in [-0.2, -0.15) is 0 Å². The van der Waals surface area contributed by atoms with E-state index in [0.717, 1.165) is 5.56 Å². The van der Waals surface area contributed by atoms with Gasteiger partial charge in [-0.15, -0.1) is 0 Å². The van der Waals surface area contributed by atoms with Gasteiger partial charge in [0.25, 0.3) is 0 Å². The molecule has 0 fully saturated rings. The van der Waals surface area contributed by atoms with Gasteiger partial charge in [0.1, 0.15) is 0 Å². The van der Waals surface area contributed by atoms with Crippen molar-refractivity contribution < 1.29 is 5.11 Å². The van der Waals surface area contributed by atoms with Crippen LogP contribution in [0.25, 0.3) is 0 Å². The molecule has 0 aliphatic rings. The molecule has 2 aromatic rings. The fourth-order valence-electron chi connectivity index (χ4n) is 2.07. The predicted molar refractivity (Wildman–Crippen MR) is 76.4 cm³/mol. The number of hydrogen-bond donors (Lipinski definition) is 1. The van der Waals surface area contributed by atoms with Gasteiger partial charge < -0.3 is 5.11 Å². The second-order valence-corrected chi connectivity index (χ2v) is 4.96. The van der Waals surface area contributed by atoms with E-state index in [2.05, 4.69) is 12.1 Å². The van der Waals surface area contributed by atoms with Crippen LogP contribution in [0.5, 0.6) is 0 Å². The van der Waals surface area contributed by atoms with Gasteiger partial charge in [0.05, 0.1) is 10.0 Å². The summed E-state index contributed by atoms with van der Waals surface area (Å²) in [4.78, 5) is 0. The molecule has 1 atom stereocenters. The van der Waals surface area contributed by atoms with Crippen LogP contribution in [0, 0.1) is 0 Å². The third kappa shape index (κ3) is 3.05. The molecule has 0 aliphatic carbocycles. The van der Waals surface area contributed by atoms with Crippen molar-refractivity contribution >= 4 is 23.2 Å². The van der Waals surface area contributed by atoms with Gasteiger partial charge in [-0.3, -0.25) is 0 Å². The van der Waals surface area contributed by atoms with Crippen molar-refractivity contribution in [1.29, 1.82) is 0 Å². The highest BCUT2D eigenvalue weighted by molar-refractivity contribution is 6.42. The molecule has 0 aromatic heterocycles. The highest BCUT2D eigenvalue weighted by Gasteiger charge is 2.14. The van der Waals surface area contributed by atoms with Crippen LogP contribution in [0.3, 0.4) is 0 Å². The molecular formula is C15H14Cl2O. The molecule has 1 N–H and O–H groups in total. The van der Waals surface area contributed by atoms with Crippen molar-refractivity contribution in [3.63, 3.8) is 0 Å². The SMILES string of the molecule is OCC[C@@H](c1ccccc1)c1ccc(Cl)c(Cl)c1. The summed E-state index contributed by atoms with van der Waals surface area (Å²) in [6, 6.07) is 15.7. The van der Waals surface area contributed by atoms with Crippen LogP contribution in [0.2, 0.25) is 10.0 Å². The molecule has 0 saturated carbocycles. The zero-order chi connectivity index (χ0) is 13.0. The lowest BCUT2D eigenvalue weighted by Crippen LogP contribution is -2.03. The molecule has 0 heterocycles. The monoisotopic (exact) mass is 280 g/mol. The fraction of sp³-hybridized carbons (Fsp3) is 0.200. The number of rotatable bonds is 4. The topological polar surface area (TPSA) is 20.2 Å². The first-order valence-corrected chi connectivity index (χ1v) is 6.58. The highest BCUT2D eigenvalue weighted by atomic mass is 35.5. The minimum absolute atomic E-state index is 0.139. The number of halogens is 2. The predicted octanol–water partition coefficient (Wildman–Crippen LogP) is 4.51. The van der Waals surface area contributed by atoms with Crippen LogP contribution in [-0.4, -0.2) is 11.7 Å². The van der Waals surface area contributed by atoms with Crippen LogP contribution in [0.4, 0.5) is 0 Å². The maximum atomic E-state index is 9.22. The van der Waals surface area contributed by atoms with Gasteiger partial charge in [-0.25, -0.2) is 0 Å². The lowest BCUT2D eigenvalue weighted by atomic mass is 9.89. The van der Waals surface area contributed by atoms with Crippen LogP contribution in [-0.2, 0) is 0 Å². The lowest BCUT2D eigenvalue weighted by molar-refractivity contribution is 0.281. The smallest absolute Gasteiger partial charge is 0.0595 e. The Kier molecular flexibility index (Phi) is 4.65. The number of hydrogen-bond acceptors (Lipinski definition) is 1. The highest BCUT2D eigenvalue weighted by Crippen LogP contribution is 2.32. The van der Waals surface area contributed by atoms with E-state index < -0.39 is 0 Å². The first-order valence-electron chi connectivity index (χ1n) is 5.83. The van der Waals surface area contributed by atoms with Crippen LogP contribution < -0.4 is 0 Å². The van der Waals surface area contributed by atoms with Crippen molar-refractivity contribution in [3.8, 4) is 0 Å². The minimum Gasteiger partial charge on any atom is -0.396 e. The van der Waals surface area contributed by atoms with Crippen LogP contribution in [0.15, 0.2) is 48.5 Å². The van der Waals surface area contributed by atoms with Gasteiger partial charge >= 0.3 is 0 Å². The van der Waals surface area contributed by atoms with E-state index in [-0.39, 0.29) is 12.5 Å². The molecule has 0 unspecified atom stereocenters. The average molecular weight is 281 g/mol. The second-order valence-electron chi connectivity index (χ2n) is 4.15. The van der Waals surface area contributed by atoms with Crippen molar-refractivity contribution in [2.45, 2.75) is 12.3 Å².